The summed E-state index contributed by atoms with van der Waals surface area (Å²) in [7, 11) is 0. The lowest BCUT2D eigenvalue weighted by molar-refractivity contribution is -0.141. The van der Waals surface area contributed by atoms with E-state index in [1.54, 1.807) is 0 Å². The van der Waals surface area contributed by atoms with Gasteiger partial charge in [0.2, 0.25) is 0 Å². The summed E-state index contributed by atoms with van der Waals surface area (Å²) < 4.78 is 76.3. The molecule has 25 heavy (non-hydrogen) atoms. The fourth-order valence-electron chi connectivity index (χ4n) is 1.93. The standard InChI is InChI=1S/C14H6ClF6N3O/c15-10-2-8(13(16,17)18)1-7(4-22)9(10)5-24-6-23-11(3-12(24)25)14(19,20)21/h1-3,6H,5H2. The van der Waals surface area contributed by atoms with Crippen LogP contribution >= 0.6 is 11.6 Å². The third-order valence-corrected chi connectivity index (χ3v) is 3.48. The quantitative estimate of drug-likeness (QED) is 0.742. The first-order valence-electron chi connectivity index (χ1n) is 6.37. The first-order chi connectivity index (χ1) is 11.4. The van der Waals surface area contributed by atoms with Crippen molar-refractivity contribution in [2.24, 2.45) is 0 Å². The molecule has 0 amide bonds. The Balaban J connectivity index is 2.48. The Kier molecular flexibility index (Phi) is 4.81. The molecule has 0 radical (unpaired) electrons. The average molecular weight is 382 g/mol. The Hall–Kier alpha value is -2.54. The van der Waals surface area contributed by atoms with E-state index in [1.807, 2.05) is 0 Å². The van der Waals surface area contributed by atoms with Gasteiger partial charge in [0.25, 0.3) is 5.56 Å². The van der Waals surface area contributed by atoms with Gasteiger partial charge in [-0.25, -0.2) is 4.98 Å². The molecule has 1 heterocycles. The van der Waals surface area contributed by atoms with Crippen LogP contribution in [0.3, 0.4) is 0 Å². The minimum atomic E-state index is -4.82. The lowest BCUT2D eigenvalue weighted by Crippen LogP contribution is -2.24. The lowest BCUT2D eigenvalue weighted by Gasteiger charge is -2.13. The van der Waals surface area contributed by atoms with E-state index >= 15 is 0 Å². The number of nitrogens with zero attached hydrogens (tertiary/aromatic N) is 3. The van der Waals surface area contributed by atoms with Crippen molar-refractivity contribution in [2.45, 2.75) is 18.9 Å². The zero-order valence-electron chi connectivity index (χ0n) is 11.9. The van der Waals surface area contributed by atoms with Crippen molar-refractivity contribution in [3.8, 4) is 6.07 Å². The van der Waals surface area contributed by atoms with Gasteiger partial charge in [-0.3, -0.25) is 9.36 Å². The van der Waals surface area contributed by atoms with Crippen LogP contribution in [0.4, 0.5) is 26.3 Å². The van der Waals surface area contributed by atoms with Crippen LogP contribution in [0.1, 0.15) is 22.4 Å². The Morgan fingerprint density at radius 2 is 1.76 bits per heavy atom. The number of hydrogen-bond donors (Lipinski definition) is 0. The molecule has 0 fully saturated rings. The van der Waals surface area contributed by atoms with Crippen molar-refractivity contribution >= 4 is 11.6 Å². The first-order valence-corrected chi connectivity index (χ1v) is 6.74. The predicted octanol–water partition coefficient (Wildman–Crippen LogP) is 3.85. The molecule has 0 spiro atoms. The highest BCUT2D eigenvalue weighted by Crippen LogP contribution is 2.34. The number of benzene rings is 1. The van der Waals surface area contributed by atoms with Gasteiger partial charge in [0, 0.05) is 16.7 Å². The van der Waals surface area contributed by atoms with Crippen LogP contribution in [0.5, 0.6) is 0 Å². The van der Waals surface area contributed by atoms with Crippen LogP contribution in [0.2, 0.25) is 5.02 Å². The van der Waals surface area contributed by atoms with Gasteiger partial charge in [0.1, 0.15) is 0 Å². The van der Waals surface area contributed by atoms with Gasteiger partial charge in [-0.2, -0.15) is 31.6 Å². The Morgan fingerprint density at radius 1 is 1.12 bits per heavy atom. The topological polar surface area (TPSA) is 58.7 Å². The van der Waals surface area contributed by atoms with Gasteiger partial charge in [0.15, 0.2) is 5.69 Å². The van der Waals surface area contributed by atoms with E-state index in [4.69, 9.17) is 16.9 Å². The largest absolute Gasteiger partial charge is 0.433 e. The van der Waals surface area contributed by atoms with E-state index in [1.165, 1.54) is 6.07 Å². The normalized spacial score (nSPS) is 12.1. The lowest BCUT2D eigenvalue weighted by atomic mass is 10.0. The van der Waals surface area contributed by atoms with E-state index in [9.17, 15) is 31.1 Å². The second-order valence-corrected chi connectivity index (χ2v) is 5.24. The molecule has 0 bridgehead atoms. The summed E-state index contributed by atoms with van der Waals surface area (Å²) in [4.78, 5) is 14.8. The van der Waals surface area contributed by atoms with E-state index < -0.39 is 46.3 Å². The highest BCUT2D eigenvalue weighted by molar-refractivity contribution is 6.31. The molecule has 11 heteroatoms. The average Bonchev–Trinajstić information content (AvgIpc) is 2.48. The summed E-state index contributed by atoms with van der Waals surface area (Å²) in [5.41, 5.74) is -4.25. The van der Waals surface area contributed by atoms with Gasteiger partial charge in [-0.1, -0.05) is 11.6 Å². The van der Waals surface area contributed by atoms with Gasteiger partial charge in [0.05, 0.1) is 30.1 Å². The fourth-order valence-corrected chi connectivity index (χ4v) is 2.21. The number of nitriles is 1. The van der Waals surface area contributed by atoms with Gasteiger partial charge in [-0.05, 0) is 12.1 Å². The molecule has 1 aromatic carbocycles. The molecule has 0 aliphatic carbocycles. The van der Waals surface area contributed by atoms with Crippen LogP contribution in [0, 0.1) is 11.3 Å². The maximum absolute atomic E-state index is 12.7. The second-order valence-electron chi connectivity index (χ2n) is 4.83. The first kappa shape index (κ1) is 18.8. The summed E-state index contributed by atoms with van der Waals surface area (Å²) in [5, 5.41) is 8.56. The molecular formula is C14H6ClF6N3O. The Bertz CT molecular complexity index is 911. The third kappa shape index (κ3) is 4.11. The maximum Gasteiger partial charge on any atom is 0.433 e. The highest BCUT2D eigenvalue weighted by Gasteiger charge is 2.34. The molecule has 0 saturated heterocycles. The molecule has 1 aromatic heterocycles. The summed E-state index contributed by atoms with van der Waals surface area (Å²) in [6, 6.07) is 2.88. The molecule has 2 aromatic rings. The third-order valence-electron chi connectivity index (χ3n) is 3.14. The fraction of sp³-hybridized carbons (Fsp3) is 0.214. The van der Waals surface area contributed by atoms with E-state index in [-0.39, 0.29) is 11.6 Å². The van der Waals surface area contributed by atoms with Gasteiger partial charge >= 0.3 is 12.4 Å². The van der Waals surface area contributed by atoms with Gasteiger partial charge < -0.3 is 0 Å². The van der Waals surface area contributed by atoms with E-state index in [2.05, 4.69) is 4.98 Å². The molecule has 0 N–H and O–H groups in total. The maximum atomic E-state index is 12.7. The zero-order valence-corrected chi connectivity index (χ0v) is 12.7. The van der Waals surface area contributed by atoms with Crippen LogP contribution in [0.25, 0.3) is 0 Å². The van der Waals surface area contributed by atoms with Crippen LogP contribution in [-0.4, -0.2) is 9.55 Å². The molecule has 0 atom stereocenters. The SMILES string of the molecule is N#Cc1cc(C(F)(F)F)cc(Cl)c1Cn1cnc(C(F)(F)F)cc1=O. The summed E-state index contributed by atoms with van der Waals surface area (Å²) in [6.45, 7) is -0.510. The molecule has 0 unspecified atom stereocenters. The zero-order chi connectivity index (χ0) is 19.0. The number of halogens is 7. The van der Waals surface area contributed by atoms with E-state index in [0.29, 0.717) is 23.0 Å². The van der Waals surface area contributed by atoms with Gasteiger partial charge in [-0.15, -0.1) is 0 Å². The number of rotatable bonds is 2. The minimum Gasteiger partial charge on any atom is -0.295 e. The monoisotopic (exact) mass is 381 g/mol. The molecule has 0 aliphatic heterocycles. The van der Waals surface area contributed by atoms with Crippen molar-refractivity contribution in [2.75, 3.05) is 0 Å². The molecule has 0 saturated carbocycles. The molecule has 2 rings (SSSR count). The molecule has 132 valence electrons. The molecule has 0 aliphatic rings. The van der Waals surface area contributed by atoms with Crippen molar-refractivity contribution in [1.82, 2.24) is 9.55 Å². The van der Waals surface area contributed by atoms with Crippen LogP contribution in [-0.2, 0) is 18.9 Å². The summed E-state index contributed by atoms with van der Waals surface area (Å²) >= 11 is 5.76. The smallest absolute Gasteiger partial charge is 0.295 e. The van der Waals surface area contributed by atoms with Crippen LogP contribution < -0.4 is 5.56 Å². The molecular weight excluding hydrogens is 376 g/mol. The summed E-state index contributed by atoms with van der Waals surface area (Å²) in [6.07, 6.45) is -8.97. The number of aromatic nitrogens is 2. The van der Waals surface area contributed by atoms with Crippen molar-refractivity contribution in [3.63, 3.8) is 0 Å². The predicted molar refractivity (Wildman–Crippen MR) is 73.8 cm³/mol. The second kappa shape index (κ2) is 6.40. The van der Waals surface area contributed by atoms with Crippen molar-refractivity contribution in [3.05, 3.63) is 62.3 Å². The highest BCUT2D eigenvalue weighted by atomic mass is 35.5. The number of alkyl halides is 6. The van der Waals surface area contributed by atoms with Crippen LogP contribution in [0.15, 0.2) is 29.3 Å². The van der Waals surface area contributed by atoms with Crippen molar-refractivity contribution < 1.29 is 26.3 Å². The minimum absolute atomic E-state index is 0.138. The Morgan fingerprint density at radius 3 is 2.24 bits per heavy atom. The summed E-state index contributed by atoms with van der Waals surface area (Å²) in [5.74, 6) is 0. The van der Waals surface area contributed by atoms with Crippen molar-refractivity contribution in [1.29, 1.82) is 5.26 Å². The molecule has 4 nitrogen and oxygen atoms in total. The Labute approximate surface area is 140 Å². The van der Waals surface area contributed by atoms with E-state index in [0.717, 1.165) is 0 Å². The number of hydrogen-bond acceptors (Lipinski definition) is 3.